The third kappa shape index (κ3) is 4.21. The van der Waals surface area contributed by atoms with Crippen molar-refractivity contribution >= 4 is 39.5 Å². The lowest BCUT2D eigenvalue weighted by Crippen LogP contribution is -2.21. The molecule has 1 N–H and O–H groups in total. The molecule has 4 rings (SSSR count). The molecule has 4 aromatic rings. The molecule has 0 spiro atoms. The van der Waals surface area contributed by atoms with Crippen LogP contribution in [0.2, 0.25) is 0 Å². The minimum atomic E-state index is -0.471. The topological polar surface area (TPSA) is 77.8 Å². The summed E-state index contributed by atoms with van der Waals surface area (Å²) in [5.74, 6) is -0.161. The summed E-state index contributed by atoms with van der Waals surface area (Å²) in [7, 11) is 1.58. The van der Waals surface area contributed by atoms with E-state index in [-0.39, 0.29) is 13.0 Å². The minimum Gasteiger partial charge on any atom is -0.497 e. The third-order valence-electron chi connectivity index (χ3n) is 4.53. The zero-order valence-corrected chi connectivity index (χ0v) is 15.8. The Bertz CT molecular complexity index is 1180. The standard InChI is InChI=1S/C23H19NO5/c1-27-17-9-6-15(7-10-17)12-23(26)28-14-22(25)24-16-8-11-21-19(13-16)18-4-2-3-5-20(18)29-21/h2-11,13H,12,14H2,1H3,(H,24,25). The van der Waals surface area contributed by atoms with Crippen molar-refractivity contribution in [3.05, 3.63) is 72.3 Å². The molecule has 1 aromatic heterocycles. The number of carbonyl (C=O) groups excluding carboxylic acids is 2. The maximum Gasteiger partial charge on any atom is 0.310 e. The van der Waals surface area contributed by atoms with Gasteiger partial charge in [-0.05, 0) is 42.0 Å². The molecule has 0 aliphatic carbocycles. The third-order valence-corrected chi connectivity index (χ3v) is 4.53. The maximum atomic E-state index is 12.2. The van der Waals surface area contributed by atoms with E-state index in [1.165, 1.54) is 0 Å². The van der Waals surface area contributed by atoms with Crippen molar-refractivity contribution in [2.45, 2.75) is 6.42 Å². The summed E-state index contributed by atoms with van der Waals surface area (Å²) < 4.78 is 15.9. The normalized spacial score (nSPS) is 10.8. The number of anilines is 1. The second-order valence-corrected chi connectivity index (χ2v) is 6.54. The molecule has 1 amide bonds. The number of hydrogen-bond donors (Lipinski definition) is 1. The van der Waals surface area contributed by atoms with Crippen LogP contribution in [-0.4, -0.2) is 25.6 Å². The number of esters is 1. The van der Waals surface area contributed by atoms with Crippen molar-refractivity contribution in [3.63, 3.8) is 0 Å². The molecular formula is C23H19NO5. The van der Waals surface area contributed by atoms with Gasteiger partial charge < -0.3 is 19.2 Å². The summed E-state index contributed by atoms with van der Waals surface area (Å²) >= 11 is 0. The molecule has 29 heavy (non-hydrogen) atoms. The molecule has 0 saturated heterocycles. The lowest BCUT2D eigenvalue weighted by Gasteiger charge is -2.07. The molecule has 6 heteroatoms. The molecule has 0 aliphatic heterocycles. The van der Waals surface area contributed by atoms with Crippen LogP contribution in [0.25, 0.3) is 21.9 Å². The average molecular weight is 389 g/mol. The fourth-order valence-electron chi connectivity index (χ4n) is 3.11. The van der Waals surface area contributed by atoms with Crippen LogP contribution in [0.3, 0.4) is 0 Å². The predicted molar refractivity (Wildman–Crippen MR) is 110 cm³/mol. The summed E-state index contributed by atoms with van der Waals surface area (Å²) in [4.78, 5) is 24.1. The molecular weight excluding hydrogens is 370 g/mol. The molecule has 0 unspecified atom stereocenters. The minimum absolute atomic E-state index is 0.0875. The van der Waals surface area contributed by atoms with Gasteiger partial charge in [0.15, 0.2) is 6.61 Å². The number of nitrogens with one attached hydrogen (secondary N) is 1. The molecule has 0 radical (unpaired) electrons. The fraction of sp³-hybridized carbons (Fsp3) is 0.130. The van der Waals surface area contributed by atoms with E-state index in [4.69, 9.17) is 13.9 Å². The number of furan rings is 1. The number of carbonyl (C=O) groups is 2. The second kappa shape index (κ2) is 8.06. The van der Waals surface area contributed by atoms with Crippen LogP contribution < -0.4 is 10.1 Å². The Kier molecular flexibility index (Phi) is 5.16. The zero-order valence-electron chi connectivity index (χ0n) is 15.8. The van der Waals surface area contributed by atoms with Crippen molar-refractivity contribution in [1.82, 2.24) is 0 Å². The number of amides is 1. The number of ether oxygens (including phenoxy) is 2. The number of hydrogen-bond acceptors (Lipinski definition) is 5. The van der Waals surface area contributed by atoms with Crippen LogP contribution in [-0.2, 0) is 20.7 Å². The zero-order chi connectivity index (χ0) is 20.2. The highest BCUT2D eigenvalue weighted by Crippen LogP contribution is 2.30. The van der Waals surface area contributed by atoms with Crippen LogP contribution in [0, 0.1) is 0 Å². The number of rotatable bonds is 6. The van der Waals surface area contributed by atoms with Gasteiger partial charge in [0.05, 0.1) is 13.5 Å². The van der Waals surface area contributed by atoms with Gasteiger partial charge in [0.25, 0.3) is 5.91 Å². The van der Waals surface area contributed by atoms with E-state index < -0.39 is 11.9 Å². The number of fused-ring (bicyclic) bond motifs is 3. The van der Waals surface area contributed by atoms with Crippen LogP contribution in [0.1, 0.15) is 5.56 Å². The Morgan fingerprint density at radius 2 is 1.69 bits per heavy atom. The lowest BCUT2D eigenvalue weighted by molar-refractivity contribution is -0.146. The van der Waals surface area contributed by atoms with Gasteiger partial charge in [-0.15, -0.1) is 0 Å². The van der Waals surface area contributed by atoms with Crippen LogP contribution in [0.15, 0.2) is 71.1 Å². The summed E-state index contributed by atoms with van der Waals surface area (Å²) in [6.07, 6.45) is 0.0875. The molecule has 0 fully saturated rings. The van der Waals surface area contributed by atoms with Gasteiger partial charge in [-0.2, -0.15) is 0 Å². The van der Waals surface area contributed by atoms with E-state index in [1.807, 2.05) is 30.3 Å². The highest BCUT2D eigenvalue weighted by Gasteiger charge is 2.11. The van der Waals surface area contributed by atoms with Gasteiger partial charge in [-0.25, -0.2) is 0 Å². The highest BCUT2D eigenvalue weighted by atomic mass is 16.5. The molecule has 146 valence electrons. The average Bonchev–Trinajstić information content (AvgIpc) is 3.11. The van der Waals surface area contributed by atoms with Crippen molar-refractivity contribution < 1.29 is 23.5 Å². The van der Waals surface area contributed by atoms with Crippen LogP contribution in [0.4, 0.5) is 5.69 Å². The van der Waals surface area contributed by atoms with Crippen LogP contribution >= 0.6 is 0 Å². The number of benzene rings is 3. The van der Waals surface area contributed by atoms with E-state index in [0.717, 1.165) is 27.5 Å². The molecule has 0 saturated carbocycles. The van der Waals surface area contributed by atoms with Crippen molar-refractivity contribution in [2.24, 2.45) is 0 Å². The summed E-state index contributed by atoms with van der Waals surface area (Å²) in [5.41, 5.74) is 2.93. The van der Waals surface area contributed by atoms with Gasteiger partial charge in [0.1, 0.15) is 16.9 Å². The molecule has 3 aromatic carbocycles. The monoisotopic (exact) mass is 389 g/mol. The highest BCUT2D eigenvalue weighted by molar-refractivity contribution is 6.07. The van der Waals surface area contributed by atoms with E-state index in [9.17, 15) is 9.59 Å². The van der Waals surface area contributed by atoms with Gasteiger partial charge in [0, 0.05) is 16.5 Å². The first-order chi connectivity index (χ1) is 14.1. The molecule has 0 atom stereocenters. The first-order valence-corrected chi connectivity index (χ1v) is 9.12. The summed E-state index contributed by atoms with van der Waals surface area (Å²) in [6.45, 7) is -0.348. The summed E-state index contributed by atoms with van der Waals surface area (Å²) in [5, 5.41) is 4.64. The van der Waals surface area contributed by atoms with Gasteiger partial charge in [-0.3, -0.25) is 9.59 Å². The molecule has 1 heterocycles. The number of methoxy groups -OCH3 is 1. The second-order valence-electron chi connectivity index (χ2n) is 6.54. The van der Waals surface area contributed by atoms with Crippen molar-refractivity contribution in [3.8, 4) is 5.75 Å². The fourth-order valence-corrected chi connectivity index (χ4v) is 3.11. The van der Waals surface area contributed by atoms with E-state index in [1.54, 1.807) is 43.5 Å². The Hall–Kier alpha value is -3.80. The number of para-hydroxylation sites is 1. The van der Waals surface area contributed by atoms with Gasteiger partial charge >= 0.3 is 5.97 Å². The molecule has 6 nitrogen and oxygen atoms in total. The lowest BCUT2D eigenvalue weighted by atomic mass is 10.1. The first kappa shape index (κ1) is 18.6. The van der Waals surface area contributed by atoms with Crippen LogP contribution in [0.5, 0.6) is 5.75 Å². The van der Waals surface area contributed by atoms with Crippen molar-refractivity contribution in [2.75, 3.05) is 19.0 Å². The SMILES string of the molecule is COc1ccc(CC(=O)OCC(=O)Nc2ccc3oc4ccccc4c3c2)cc1. The smallest absolute Gasteiger partial charge is 0.310 e. The molecule has 0 aliphatic rings. The Labute approximate surface area is 167 Å². The Morgan fingerprint density at radius 3 is 2.48 bits per heavy atom. The van der Waals surface area contributed by atoms with Gasteiger partial charge in [-0.1, -0.05) is 30.3 Å². The predicted octanol–water partition coefficient (Wildman–Crippen LogP) is 4.32. The van der Waals surface area contributed by atoms with Gasteiger partial charge in [0.2, 0.25) is 0 Å². The Morgan fingerprint density at radius 1 is 0.931 bits per heavy atom. The van der Waals surface area contributed by atoms with E-state index in [0.29, 0.717) is 11.4 Å². The van der Waals surface area contributed by atoms with Crippen molar-refractivity contribution in [1.29, 1.82) is 0 Å². The Balaban J connectivity index is 1.35. The largest absolute Gasteiger partial charge is 0.497 e. The maximum absolute atomic E-state index is 12.2. The molecule has 0 bridgehead atoms. The summed E-state index contributed by atoms with van der Waals surface area (Å²) in [6, 6.07) is 20.2. The first-order valence-electron chi connectivity index (χ1n) is 9.12. The van der Waals surface area contributed by atoms with E-state index in [2.05, 4.69) is 5.32 Å². The quantitative estimate of drug-likeness (QED) is 0.497. The van der Waals surface area contributed by atoms with E-state index >= 15 is 0 Å².